The zero-order valence-corrected chi connectivity index (χ0v) is 27.2. The van der Waals surface area contributed by atoms with Crippen molar-refractivity contribution in [3.8, 4) is 0 Å². The largest absolute Gasteiger partial charge is 0.444 e. The minimum absolute atomic E-state index is 0.0932. The lowest BCUT2D eigenvalue weighted by molar-refractivity contribution is -0.132. The van der Waals surface area contributed by atoms with E-state index in [1.807, 2.05) is 91.2 Å². The van der Waals surface area contributed by atoms with Gasteiger partial charge >= 0.3 is 6.09 Å². The Morgan fingerprint density at radius 2 is 0.955 bits per heavy atom. The van der Waals surface area contributed by atoms with Crippen molar-refractivity contribution >= 4 is 17.9 Å². The van der Waals surface area contributed by atoms with Crippen LogP contribution in [0.4, 0.5) is 4.79 Å². The first-order chi connectivity index (χ1) is 21.1. The molecule has 4 N–H and O–H groups in total. The third-order valence-corrected chi connectivity index (χ3v) is 7.27. The molecule has 9 heteroatoms. The van der Waals surface area contributed by atoms with Crippen LogP contribution < -0.4 is 11.5 Å². The van der Waals surface area contributed by atoms with Gasteiger partial charge in [0.05, 0.1) is 0 Å². The van der Waals surface area contributed by atoms with E-state index >= 15 is 0 Å². The minimum Gasteiger partial charge on any atom is -0.444 e. The molecule has 0 heterocycles. The van der Waals surface area contributed by atoms with Crippen LogP contribution in [0.1, 0.15) is 70.4 Å². The molecule has 3 amide bonds. The molecule has 2 aromatic carbocycles. The summed E-state index contributed by atoms with van der Waals surface area (Å²) in [5.41, 5.74) is 13.1. The van der Waals surface area contributed by atoms with Gasteiger partial charge in [0.1, 0.15) is 5.60 Å². The van der Waals surface area contributed by atoms with Gasteiger partial charge in [0, 0.05) is 52.1 Å². The van der Waals surface area contributed by atoms with Gasteiger partial charge in [-0.3, -0.25) is 9.59 Å². The second-order valence-electron chi connectivity index (χ2n) is 12.2. The summed E-state index contributed by atoms with van der Waals surface area (Å²) in [5.74, 6) is 0.186. The van der Waals surface area contributed by atoms with Crippen LogP contribution in [0.25, 0.3) is 0 Å². The van der Waals surface area contributed by atoms with E-state index in [9.17, 15) is 14.4 Å². The van der Waals surface area contributed by atoms with Gasteiger partial charge in [-0.05, 0) is 83.5 Å². The molecule has 0 spiro atoms. The molecule has 0 bridgehead atoms. The Labute approximate surface area is 264 Å². The second-order valence-corrected chi connectivity index (χ2v) is 12.2. The predicted octanol–water partition coefficient (Wildman–Crippen LogP) is 4.62. The Morgan fingerprint density at radius 1 is 0.591 bits per heavy atom. The Morgan fingerprint density at radius 3 is 1.32 bits per heavy atom. The summed E-state index contributed by atoms with van der Waals surface area (Å²) in [4.78, 5) is 44.8. The number of nitrogens with zero attached hydrogens (tertiary/aromatic N) is 3. The fraction of sp³-hybridized carbons (Fsp3) is 0.571. The number of ether oxygens (including phenoxy) is 1. The average molecular weight is 610 g/mol. The van der Waals surface area contributed by atoms with Crippen molar-refractivity contribution in [2.45, 2.75) is 77.7 Å². The zero-order valence-electron chi connectivity index (χ0n) is 27.2. The number of rotatable bonds is 20. The highest BCUT2D eigenvalue weighted by Gasteiger charge is 2.23. The van der Waals surface area contributed by atoms with Crippen molar-refractivity contribution in [2.75, 3.05) is 52.4 Å². The molecule has 0 aromatic heterocycles. The molecule has 244 valence electrons. The van der Waals surface area contributed by atoms with E-state index in [4.69, 9.17) is 16.2 Å². The van der Waals surface area contributed by atoms with Gasteiger partial charge in [0.15, 0.2) is 0 Å². The molecule has 0 saturated carbocycles. The summed E-state index contributed by atoms with van der Waals surface area (Å²) in [6.45, 7) is 9.73. The number of carbonyl (C=O) groups excluding carboxylic acids is 3. The van der Waals surface area contributed by atoms with Crippen molar-refractivity contribution in [3.63, 3.8) is 0 Å². The van der Waals surface area contributed by atoms with Gasteiger partial charge in [0.25, 0.3) is 0 Å². The number of amides is 3. The predicted molar refractivity (Wildman–Crippen MR) is 177 cm³/mol. The van der Waals surface area contributed by atoms with Crippen LogP contribution in [0, 0.1) is 0 Å². The number of hydrogen-bond donors (Lipinski definition) is 2. The number of aryl methyl sites for hydroxylation is 2. The van der Waals surface area contributed by atoms with E-state index in [1.54, 1.807) is 4.90 Å². The third-order valence-electron chi connectivity index (χ3n) is 7.27. The maximum Gasteiger partial charge on any atom is 0.410 e. The van der Waals surface area contributed by atoms with Crippen LogP contribution in [0.5, 0.6) is 0 Å². The summed E-state index contributed by atoms with van der Waals surface area (Å²) < 4.78 is 5.71. The maximum atomic E-state index is 13.2. The van der Waals surface area contributed by atoms with E-state index in [1.165, 1.54) is 0 Å². The molecule has 0 aliphatic carbocycles. The molecule has 44 heavy (non-hydrogen) atoms. The molecule has 0 radical (unpaired) electrons. The molecular formula is C35H55N5O4. The fourth-order valence-electron chi connectivity index (χ4n) is 4.92. The monoisotopic (exact) mass is 609 g/mol. The number of benzene rings is 2. The maximum absolute atomic E-state index is 13.2. The van der Waals surface area contributed by atoms with Crippen molar-refractivity contribution in [1.29, 1.82) is 0 Å². The first kappa shape index (κ1) is 36.8. The van der Waals surface area contributed by atoms with E-state index in [2.05, 4.69) is 0 Å². The molecule has 0 aliphatic heterocycles. The van der Waals surface area contributed by atoms with Gasteiger partial charge in [-0.15, -0.1) is 0 Å². The molecular weight excluding hydrogens is 554 g/mol. The molecule has 2 aromatic rings. The lowest BCUT2D eigenvalue weighted by Gasteiger charge is -2.30. The van der Waals surface area contributed by atoms with E-state index in [0.29, 0.717) is 90.9 Å². The van der Waals surface area contributed by atoms with Gasteiger partial charge in [0.2, 0.25) is 11.8 Å². The van der Waals surface area contributed by atoms with E-state index in [-0.39, 0.29) is 17.9 Å². The number of nitrogens with two attached hydrogens (primary N) is 2. The van der Waals surface area contributed by atoms with Crippen LogP contribution in [0.3, 0.4) is 0 Å². The highest BCUT2D eigenvalue weighted by molar-refractivity contribution is 5.77. The lowest BCUT2D eigenvalue weighted by atomic mass is 10.1. The Balaban J connectivity index is 1.97. The van der Waals surface area contributed by atoms with Crippen LogP contribution in [-0.4, -0.2) is 90.6 Å². The number of carbonyl (C=O) groups is 3. The molecule has 9 nitrogen and oxygen atoms in total. The van der Waals surface area contributed by atoms with Crippen LogP contribution in [-0.2, 0) is 27.2 Å². The Bertz CT molecular complexity index is 1020. The topological polar surface area (TPSA) is 122 Å². The van der Waals surface area contributed by atoms with Crippen LogP contribution in [0.2, 0.25) is 0 Å². The van der Waals surface area contributed by atoms with Gasteiger partial charge in [-0.25, -0.2) is 4.79 Å². The molecule has 0 saturated heterocycles. The third kappa shape index (κ3) is 15.3. The smallest absolute Gasteiger partial charge is 0.410 e. The summed E-state index contributed by atoms with van der Waals surface area (Å²) in [6, 6.07) is 20.0. The van der Waals surface area contributed by atoms with E-state index in [0.717, 1.165) is 24.0 Å². The summed E-state index contributed by atoms with van der Waals surface area (Å²) >= 11 is 0. The second kappa shape index (κ2) is 20.5. The van der Waals surface area contributed by atoms with Crippen LogP contribution in [0.15, 0.2) is 60.7 Å². The molecule has 2 rings (SSSR count). The van der Waals surface area contributed by atoms with Crippen molar-refractivity contribution in [2.24, 2.45) is 11.5 Å². The number of hydrogen-bond acceptors (Lipinski definition) is 6. The SMILES string of the molecule is CC(C)(C)OC(=O)N(CCCN(CCCN)C(=O)CCc1ccccc1)CCCN(CCCN)C(=O)CCc1ccccc1. The van der Waals surface area contributed by atoms with E-state index < -0.39 is 5.60 Å². The zero-order chi connectivity index (χ0) is 32.2. The van der Waals surface area contributed by atoms with Crippen LogP contribution >= 0.6 is 0 Å². The molecule has 0 unspecified atom stereocenters. The standard InChI is InChI=1S/C35H55N5O4/c1-35(2,3)44-34(43)40(28-12-26-38(24-10-22-36)32(41)20-18-30-14-6-4-7-15-30)29-13-27-39(25-11-23-37)33(42)21-19-31-16-8-5-9-17-31/h4-9,14-17H,10-13,18-29,36-37H2,1-3H3. The lowest BCUT2D eigenvalue weighted by Crippen LogP contribution is -2.41. The van der Waals surface area contributed by atoms with Crippen molar-refractivity contribution in [1.82, 2.24) is 14.7 Å². The Hall–Kier alpha value is -3.43. The molecule has 0 fully saturated rings. The highest BCUT2D eigenvalue weighted by atomic mass is 16.6. The van der Waals surface area contributed by atoms with Crippen molar-refractivity contribution < 1.29 is 19.1 Å². The quantitative estimate of drug-likeness (QED) is 0.226. The van der Waals surface area contributed by atoms with Crippen molar-refractivity contribution in [3.05, 3.63) is 71.8 Å². The van der Waals surface area contributed by atoms with Gasteiger partial charge in [-0.1, -0.05) is 60.7 Å². The van der Waals surface area contributed by atoms with Gasteiger partial charge in [-0.2, -0.15) is 0 Å². The fourth-order valence-corrected chi connectivity index (χ4v) is 4.92. The highest BCUT2D eigenvalue weighted by Crippen LogP contribution is 2.13. The normalized spacial score (nSPS) is 11.2. The average Bonchev–Trinajstić information content (AvgIpc) is 3.01. The first-order valence-corrected chi connectivity index (χ1v) is 16.1. The molecule has 0 atom stereocenters. The van der Waals surface area contributed by atoms with Gasteiger partial charge < -0.3 is 30.9 Å². The summed E-state index contributed by atoms with van der Waals surface area (Å²) in [6.07, 6.45) is 4.55. The molecule has 0 aliphatic rings. The minimum atomic E-state index is -0.629. The first-order valence-electron chi connectivity index (χ1n) is 16.1. The Kier molecular flexibility index (Phi) is 17.1. The summed E-state index contributed by atoms with van der Waals surface area (Å²) in [5, 5.41) is 0. The summed E-state index contributed by atoms with van der Waals surface area (Å²) in [7, 11) is 0.